The number of nitrogens with zero attached hydrogens (tertiary/aromatic N) is 5. The highest BCUT2D eigenvalue weighted by atomic mass is 35.5. The van der Waals surface area contributed by atoms with E-state index in [9.17, 15) is 4.79 Å². The summed E-state index contributed by atoms with van der Waals surface area (Å²) in [6.07, 6.45) is 3.49. The van der Waals surface area contributed by atoms with Crippen molar-refractivity contribution < 1.29 is 4.79 Å². The monoisotopic (exact) mass is 413 g/mol. The molecule has 1 fully saturated rings. The third kappa shape index (κ3) is 4.27. The van der Waals surface area contributed by atoms with Gasteiger partial charge in [0.1, 0.15) is 5.15 Å². The molecule has 9 heteroatoms. The first-order valence-electron chi connectivity index (χ1n) is 9.78. The lowest BCUT2D eigenvalue weighted by atomic mass is 10.1. The fourth-order valence-electron chi connectivity index (χ4n) is 3.50. The van der Waals surface area contributed by atoms with E-state index in [2.05, 4.69) is 30.5 Å². The second-order valence-electron chi connectivity index (χ2n) is 7.38. The molecule has 1 aliphatic heterocycles. The molecule has 0 aliphatic carbocycles. The van der Waals surface area contributed by atoms with E-state index in [0.717, 1.165) is 31.5 Å². The maximum absolute atomic E-state index is 12.8. The van der Waals surface area contributed by atoms with Gasteiger partial charge < -0.3 is 4.90 Å². The number of anilines is 2. The largest absolute Gasteiger partial charge is 0.340 e. The zero-order chi connectivity index (χ0) is 20.4. The fourth-order valence-corrected chi connectivity index (χ4v) is 3.82. The first-order chi connectivity index (χ1) is 14.0. The molecule has 0 unspecified atom stereocenters. The van der Waals surface area contributed by atoms with Crippen LogP contribution in [-0.4, -0.2) is 44.0 Å². The standard InChI is InChI=1S/C20H24ClN7O/c1-13-6-8-15(9-7-13)12-28-17(21)16(14(2)26-28)18(29)22-19-23-20(25-24-19)27-10-4-3-5-11-27/h6-9H,3-5,10-12H2,1-2H3,(H2,22,23,24,25,29). The molecule has 29 heavy (non-hydrogen) atoms. The SMILES string of the molecule is Cc1ccc(Cn2nc(C)c(C(=O)Nc3nc(N4CCCCC4)n[nH]3)c2Cl)cc1. The second-order valence-corrected chi connectivity index (χ2v) is 7.74. The number of amides is 1. The summed E-state index contributed by atoms with van der Waals surface area (Å²) in [5.74, 6) is 0.555. The average Bonchev–Trinajstić information content (AvgIpc) is 3.28. The summed E-state index contributed by atoms with van der Waals surface area (Å²) < 4.78 is 1.63. The number of aryl methyl sites for hydroxylation is 2. The van der Waals surface area contributed by atoms with E-state index in [4.69, 9.17) is 11.6 Å². The summed E-state index contributed by atoms with van der Waals surface area (Å²) in [4.78, 5) is 19.3. The van der Waals surface area contributed by atoms with Crippen LogP contribution < -0.4 is 10.2 Å². The molecule has 152 valence electrons. The summed E-state index contributed by atoms with van der Waals surface area (Å²) in [5, 5.41) is 14.5. The van der Waals surface area contributed by atoms with Gasteiger partial charge in [-0.1, -0.05) is 41.4 Å². The fraction of sp³-hybridized carbons (Fsp3) is 0.400. The number of H-pyrrole nitrogens is 1. The lowest BCUT2D eigenvalue weighted by Crippen LogP contribution is -2.30. The molecule has 0 spiro atoms. The van der Waals surface area contributed by atoms with Gasteiger partial charge in [-0.3, -0.25) is 10.1 Å². The number of halogens is 1. The van der Waals surface area contributed by atoms with Crippen molar-refractivity contribution in [2.75, 3.05) is 23.3 Å². The normalized spacial score (nSPS) is 14.2. The van der Waals surface area contributed by atoms with E-state index >= 15 is 0 Å². The van der Waals surface area contributed by atoms with Gasteiger partial charge in [0.05, 0.1) is 17.8 Å². The number of hydrogen-bond donors (Lipinski definition) is 2. The molecule has 8 nitrogen and oxygen atoms in total. The molecule has 4 rings (SSSR count). The number of aromatic amines is 1. The van der Waals surface area contributed by atoms with Crippen LogP contribution in [0.4, 0.5) is 11.9 Å². The molecular weight excluding hydrogens is 390 g/mol. The Morgan fingerprint density at radius 1 is 1.17 bits per heavy atom. The van der Waals surface area contributed by atoms with Crippen LogP contribution in [0.25, 0.3) is 0 Å². The summed E-state index contributed by atoms with van der Waals surface area (Å²) >= 11 is 6.48. The minimum atomic E-state index is -0.357. The summed E-state index contributed by atoms with van der Waals surface area (Å²) in [5.41, 5.74) is 3.16. The highest BCUT2D eigenvalue weighted by Crippen LogP contribution is 2.23. The molecule has 0 radical (unpaired) electrons. The minimum Gasteiger partial charge on any atom is -0.340 e. The van der Waals surface area contributed by atoms with Crippen LogP contribution in [0.3, 0.4) is 0 Å². The molecule has 2 N–H and O–H groups in total. The molecule has 1 saturated heterocycles. The quantitative estimate of drug-likeness (QED) is 0.667. The predicted molar refractivity (Wildman–Crippen MR) is 113 cm³/mol. The lowest BCUT2D eigenvalue weighted by Gasteiger charge is -2.24. The molecule has 0 saturated carbocycles. The first-order valence-corrected chi connectivity index (χ1v) is 10.2. The first kappa shape index (κ1) is 19.4. The third-order valence-electron chi connectivity index (χ3n) is 5.09. The van der Waals surface area contributed by atoms with Crippen molar-refractivity contribution in [1.29, 1.82) is 0 Å². The minimum absolute atomic E-state index is 0.302. The molecule has 3 heterocycles. The zero-order valence-electron chi connectivity index (χ0n) is 16.6. The molecular formula is C20H24ClN7O. The zero-order valence-corrected chi connectivity index (χ0v) is 17.3. The van der Waals surface area contributed by atoms with Gasteiger partial charge in [0.15, 0.2) is 0 Å². The Labute approximate surface area is 174 Å². The van der Waals surface area contributed by atoms with E-state index in [-0.39, 0.29) is 5.91 Å². The van der Waals surface area contributed by atoms with E-state index in [1.807, 2.05) is 31.2 Å². The van der Waals surface area contributed by atoms with Crippen LogP contribution in [0, 0.1) is 13.8 Å². The van der Waals surface area contributed by atoms with Gasteiger partial charge in [-0.2, -0.15) is 10.1 Å². The van der Waals surface area contributed by atoms with Crippen molar-refractivity contribution in [2.24, 2.45) is 0 Å². The van der Waals surface area contributed by atoms with Crippen LogP contribution in [0.1, 0.15) is 46.4 Å². The summed E-state index contributed by atoms with van der Waals surface area (Å²) in [6, 6.07) is 8.13. The molecule has 0 atom stereocenters. The number of piperidine rings is 1. The number of benzene rings is 1. The number of carbonyl (C=O) groups excluding carboxylic acids is 1. The molecule has 1 aromatic carbocycles. The Morgan fingerprint density at radius 3 is 2.62 bits per heavy atom. The van der Waals surface area contributed by atoms with Gasteiger partial charge in [0.25, 0.3) is 5.91 Å². The van der Waals surface area contributed by atoms with E-state index in [1.165, 1.54) is 12.0 Å². The van der Waals surface area contributed by atoms with Gasteiger partial charge in [-0.05, 0) is 38.7 Å². The van der Waals surface area contributed by atoms with Gasteiger partial charge >= 0.3 is 0 Å². The Kier molecular flexibility index (Phi) is 5.53. The topological polar surface area (TPSA) is 91.7 Å². The average molecular weight is 414 g/mol. The highest BCUT2D eigenvalue weighted by Gasteiger charge is 2.22. The van der Waals surface area contributed by atoms with Gasteiger partial charge in [-0.25, -0.2) is 9.78 Å². The van der Waals surface area contributed by atoms with Gasteiger partial charge in [0.2, 0.25) is 11.9 Å². The Balaban J connectivity index is 1.48. The maximum atomic E-state index is 12.8. The predicted octanol–water partition coefficient (Wildman–Crippen LogP) is 3.56. The number of carbonyl (C=O) groups is 1. The summed E-state index contributed by atoms with van der Waals surface area (Å²) in [6.45, 7) is 6.17. The van der Waals surface area contributed by atoms with E-state index in [1.54, 1.807) is 11.6 Å². The van der Waals surface area contributed by atoms with Crippen molar-refractivity contribution in [2.45, 2.75) is 39.7 Å². The Morgan fingerprint density at radius 2 is 1.90 bits per heavy atom. The van der Waals surface area contributed by atoms with Crippen molar-refractivity contribution in [3.63, 3.8) is 0 Å². The van der Waals surface area contributed by atoms with Crippen molar-refractivity contribution in [3.05, 3.63) is 51.8 Å². The molecule has 2 aromatic heterocycles. The van der Waals surface area contributed by atoms with Crippen molar-refractivity contribution in [1.82, 2.24) is 25.0 Å². The highest BCUT2D eigenvalue weighted by molar-refractivity contribution is 6.33. The van der Waals surface area contributed by atoms with Crippen LogP contribution in [0.5, 0.6) is 0 Å². The van der Waals surface area contributed by atoms with Crippen LogP contribution in [0.15, 0.2) is 24.3 Å². The van der Waals surface area contributed by atoms with Crippen LogP contribution in [-0.2, 0) is 6.54 Å². The Bertz CT molecular complexity index is 1000. The van der Waals surface area contributed by atoms with Crippen molar-refractivity contribution >= 4 is 29.4 Å². The van der Waals surface area contributed by atoms with E-state index in [0.29, 0.717) is 34.9 Å². The Hall–Kier alpha value is -2.87. The number of hydrogen-bond acceptors (Lipinski definition) is 5. The van der Waals surface area contributed by atoms with Gasteiger partial charge in [0, 0.05) is 13.1 Å². The molecule has 3 aromatic rings. The smallest absolute Gasteiger partial charge is 0.263 e. The molecule has 1 amide bonds. The van der Waals surface area contributed by atoms with Crippen molar-refractivity contribution in [3.8, 4) is 0 Å². The van der Waals surface area contributed by atoms with Crippen LogP contribution in [0.2, 0.25) is 5.15 Å². The maximum Gasteiger partial charge on any atom is 0.263 e. The lowest BCUT2D eigenvalue weighted by molar-refractivity contribution is 0.102. The molecule has 0 bridgehead atoms. The molecule has 1 aliphatic rings. The second kappa shape index (κ2) is 8.24. The number of aromatic nitrogens is 5. The number of nitrogens with one attached hydrogen (secondary N) is 2. The number of rotatable bonds is 5. The summed E-state index contributed by atoms with van der Waals surface area (Å²) in [7, 11) is 0. The van der Waals surface area contributed by atoms with Crippen LogP contribution >= 0.6 is 11.6 Å². The van der Waals surface area contributed by atoms with E-state index < -0.39 is 0 Å². The third-order valence-corrected chi connectivity index (χ3v) is 5.47. The van der Waals surface area contributed by atoms with Gasteiger partial charge in [-0.15, -0.1) is 5.10 Å².